The Morgan fingerprint density at radius 1 is 1.18 bits per heavy atom. The number of hydrogen-bond donors (Lipinski definition) is 2. The van der Waals surface area contributed by atoms with Crippen LogP contribution in [0, 0.1) is 0 Å². The first-order valence-electron chi connectivity index (χ1n) is 4.57. The van der Waals surface area contributed by atoms with Crippen molar-refractivity contribution < 1.29 is 0 Å². The molecule has 1 heterocycles. The van der Waals surface area contributed by atoms with Crippen LogP contribution in [0.1, 0.15) is 0 Å². The molecule has 7 heteroatoms. The summed E-state index contributed by atoms with van der Waals surface area (Å²) in [6.07, 6.45) is 0. The number of nitrogens with zero attached hydrogens (tertiary/aromatic N) is 2. The molecule has 0 atom stereocenters. The van der Waals surface area contributed by atoms with E-state index in [1.54, 1.807) is 6.07 Å². The second-order valence-corrected chi connectivity index (χ2v) is 5.34. The van der Waals surface area contributed by atoms with Gasteiger partial charge in [-0.3, -0.25) is 0 Å². The number of nitrogen functional groups attached to an aromatic ring is 1. The summed E-state index contributed by atoms with van der Waals surface area (Å²) in [4.78, 5) is 7.82. The number of aromatic nitrogens is 2. The van der Waals surface area contributed by atoms with Crippen LogP contribution in [0.5, 0.6) is 0 Å². The standard InChI is InChI=1S/C10H7Br2ClN4/c11-5-1-2-7(6(12)3-5)15-9-4-8(13)16-10(14)17-9/h1-4H,(H3,14,15,16,17). The van der Waals surface area contributed by atoms with Crippen LogP contribution in [0.2, 0.25) is 5.15 Å². The predicted molar refractivity (Wildman–Crippen MR) is 76.6 cm³/mol. The predicted octanol–water partition coefficient (Wildman–Crippen LogP) is 3.98. The Labute approximate surface area is 120 Å². The fourth-order valence-electron chi connectivity index (χ4n) is 1.23. The average Bonchev–Trinajstić information content (AvgIpc) is 2.21. The largest absolute Gasteiger partial charge is 0.368 e. The Kier molecular flexibility index (Phi) is 3.86. The molecule has 0 bridgehead atoms. The van der Waals surface area contributed by atoms with Crippen molar-refractivity contribution in [1.29, 1.82) is 0 Å². The van der Waals surface area contributed by atoms with E-state index >= 15 is 0 Å². The van der Waals surface area contributed by atoms with Crippen molar-refractivity contribution in [3.8, 4) is 0 Å². The van der Waals surface area contributed by atoms with Gasteiger partial charge in [0.05, 0.1) is 5.69 Å². The molecule has 0 fully saturated rings. The maximum atomic E-state index is 5.79. The Balaban J connectivity index is 2.31. The molecule has 0 radical (unpaired) electrons. The lowest BCUT2D eigenvalue weighted by Gasteiger charge is -2.08. The number of rotatable bonds is 2. The summed E-state index contributed by atoms with van der Waals surface area (Å²) in [5, 5.41) is 3.40. The van der Waals surface area contributed by atoms with Crippen LogP contribution in [-0.4, -0.2) is 9.97 Å². The highest BCUT2D eigenvalue weighted by molar-refractivity contribution is 9.11. The van der Waals surface area contributed by atoms with Gasteiger partial charge in [0.1, 0.15) is 11.0 Å². The number of nitrogens with one attached hydrogen (secondary N) is 1. The van der Waals surface area contributed by atoms with Crippen LogP contribution >= 0.6 is 43.5 Å². The number of nitrogens with two attached hydrogens (primary N) is 1. The molecule has 0 saturated carbocycles. The third-order valence-corrected chi connectivity index (χ3v) is 3.25. The lowest BCUT2D eigenvalue weighted by Crippen LogP contribution is -2.00. The lowest BCUT2D eigenvalue weighted by atomic mass is 10.3. The minimum atomic E-state index is 0.133. The van der Waals surface area contributed by atoms with Gasteiger partial charge < -0.3 is 11.1 Å². The van der Waals surface area contributed by atoms with E-state index in [-0.39, 0.29) is 5.95 Å². The van der Waals surface area contributed by atoms with Gasteiger partial charge in [0, 0.05) is 15.0 Å². The van der Waals surface area contributed by atoms with E-state index in [4.69, 9.17) is 17.3 Å². The maximum absolute atomic E-state index is 5.79. The van der Waals surface area contributed by atoms with Crippen molar-refractivity contribution in [2.75, 3.05) is 11.1 Å². The van der Waals surface area contributed by atoms with Gasteiger partial charge in [-0.2, -0.15) is 4.98 Å². The van der Waals surface area contributed by atoms with Crippen LogP contribution in [0.25, 0.3) is 0 Å². The van der Waals surface area contributed by atoms with Crippen molar-refractivity contribution >= 4 is 60.9 Å². The summed E-state index contributed by atoms with van der Waals surface area (Å²) >= 11 is 12.6. The smallest absolute Gasteiger partial charge is 0.223 e. The SMILES string of the molecule is Nc1nc(Cl)cc(Nc2ccc(Br)cc2Br)n1. The summed E-state index contributed by atoms with van der Waals surface area (Å²) in [5.41, 5.74) is 6.37. The zero-order chi connectivity index (χ0) is 12.4. The van der Waals surface area contributed by atoms with Crippen molar-refractivity contribution in [2.24, 2.45) is 0 Å². The molecule has 0 aliphatic rings. The molecule has 0 aliphatic heterocycles. The molecule has 4 nitrogen and oxygen atoms in total. The fourth-order valence-corrected chi connectivity index (χ4v) is 2.56. The first kappa shape index (κ1) is 12.6. The normalized spacial score (nSPS) is 10.3. The molecule has 1 aromatic heterocycles. The third kappa shape index (κ3) is 3.31. The monoisotopic (exact) mass is 376 g/mol. The van der Waals surface area contributed by atoms with E-state index in [1.807, 2.05) is 18.2 Å². The van der Waals surface area contributed by atoms with E-state index in [9.17, 15) is 0 Å². The van der Waals surface area contributed by atoms with Crippen molar-refractivity contribution in [3.05, 3.63) is 38.4 Å². The fraction of sp³-hybridized carbons (Fsp3) is 0. The highest BCUT2D eigenvalue weighted by Crippen LogP contribution is 2.28. The van der Waals surface area contributed by atoms with Gasteiger partial charge in [-0.25, -0.2) is 4.98 Å². The van der Waals surface area contributed by atoms with Gasteiger partial charge in [0.25, 0.3) is 0 Å². The molecule has 0 saturated heterocycles. The van der Waals surface area contributed by atoms with E-state index in [0.29, 0.717) is 11.0 Å². The van der Waals surface area contributed by atoms with Gasteiger partial charge in [-0.05, 0) is 34.1 Å². The molecule has 1 aromatic carbocycles. The minimum Gasteiger partial charge on any atom is -0.368 e. The summed E-state index contributed by atoms with van der Waals surface area (Å²) in [5.74, 6) is 0.679. The molecule has 88 valence electrons. The number of benzene rings is 1. The first-order chi connectivity index (χ1) is 8.04. The number of halogens is 3. The number of hydrogen-bond acceptors (Lipinski definition) is 4. The molecule has 17 heavy (non-hydrogen) atoms. The Hall–Kier alpha value is -0.850. The van der Waals surface area contributed by atoms with Gasteiger partial charge in [0.15, 0.2) is 0 Å². The Morgan fingerprint density at radius 2 is 1.94 bits per heavy atom. The average molecular weight is 378 g/mol. The molecule has 0 aliphatic carbocycles. The molecule has 3 N–H and O–H groups in total. The van der Waals surface area contributed by atoms with Crippen molar-refractivity contribution in [3.63, 3.8) is 0 Å². The van der Waals surface area contributed by atoms with E-state index < -0.39 is 0 Å². The topological polar surface area (TPSA) is 63.8 Å². The van der Waals surface area contributed by atoms with Crippen LogP contribution in [0.3, 0.4) is 0 Å². The molecule has 0 spiro atoms. The second-order valence-electron chi connectivity index (χ2n) is 3.18. The molecular weight excluding hydrogens is 371 g/mol. The van der Waals surface area contributed by atoms with E-state index in [1.165, 1.54) is 0 Å². The van der Waals surface area contributed by atoms with Crippen LogP contribution in [0.15, 0.2) is 33.2 Å². The number of anilines is 3. The Bertz CT molecular complexity index is 542. The summed E-state index contributed by atoms with van der Waals surface area (Å²) in [6.45, 7) is 0. The van der Waals surface area contributed by atoms with Crippen LogP contribution in [0.4, 0.5) is 17.5 Å². The van der Waals surface area contributed by atoms with E-state index in [0.717, 1.165) is 14.6 Å². The Morgan fingerprint density at radius 3 is 2.59 bits per heavy atom. The van der Waals surface area contributed by atoms with Gasteiger partial charge in [0.2, 0.25) is 5.95 Å². The molecular formula is C10H7Br2ClN4. The van der Waals surface area contributed by atoms with Gasteiger partial charge in [-0.15, -0.1) is 0 Å². The van der Waals surface area contributed by atoms with Gasteiger partial charge >= 0.3 is 0 Å². The molecule has 2 aromatic rings. The zero-order valence-corrected chi connectivity index (χ0v) is 12.3. The zero-order valence-electron chi connectivity index (χ0n) is 8.42. The highest BCUT2D eigenvalue weighted by atomic mass is 79.9. The van der Waals surface area contributed by atoms with Crippen LogP contribution in [-0.2, 0) is 0 Å². The van der Waals surface area contributed by atoms with Gasteiger partial charge in [-0.1, -0.05) is 27.5 Å². The molecule has 0 unspecified atom stereocenters. The quantitative estimate of drug-likeness (QED) is 0.776. The highest BCUT2D eigenvalue weighted by Gasteiger charge is 2.04. The first-order valence-corrected chi connectivity index (χ1v) is 6.53. The minimum absolute atomic E-state index is 0.133. The second kappa shape index (κ2) is 5.20. The third-order valence-electron chi connectivity index (χ3n) is 1.91. The molecule has 2 rings (SSSR count). The lowest BCUT2D eigenvalue weighted by molar-refractivity contribution is 1.18. The molecule has 0 amide bonds. The maximum Gasteiger partial charge on any atom is 0.223 e. The van der Waals surface area contributed by atoms with Crippen molar-refractivity contribution in [1.82, 2.24) is 9.97 Å². The van der Waals surface area contributed by atoms with Crippen molar-refractivity contribution in [2.45, 2.75) is 0 Å². The summed E-state index contributed by atoms with van der Waals surface area (Å²) in [7, 11) is 0. The van der Waals surface area contributed by atoms with Crippen LogP contribution < -0.4 is 11.1 Å². The van der Waals surface area contributed by atoms with E-state index in [2.05, 4.69) is 47.1 Å². The summed E-state index contributed by atoms with van der Waals surface area (Å²) in [6, 6.07) is 7.35. The summed E-state index contributed by atoms with van der Waals surface area (Å²) < 4.78 is 1.88.